The number of nitrogens with one attached hydrogen (secondary N) is 1. The Labute approximate surface area is 188 Å². The summed E-state index contributed by atoms with van der Waals surface area (Å²) in [5.41, 5.74) is 2.91. The Hall–Kier alpha value is -2.93. The van der Waals surface area contributed by atoms with Crippen LogP contribution in [0.1, 0.15) is 35.3 Å². The Morgan fingerprint density at radius 1 is 1.03 bits per heavy atom. The molecule has 3 rings (SSSR count). The molecule has 0 saturated carbocycles. The maximum atomic E-state index is 12.5. The summed E-state index contributed by atoms with van der Waals surface area (Å²) in [5.74, 6) is 2.23. The highest BCUT2D eigenvalue weighted by Crippen LogP contribution is 2.28. The molecule has 0 aliphatic heterocycles. The number of hydrogen-bond donors (Lipinski definition) is 1. The number of aromatic nitrogens is 2. The standard InChI is InChI=1S/C24H29N3O3S/c1-4-29-21-11-8-18(16-22(21)30-5-2)12-13-25-23(28)20-9-6-19(7-10-20)17-31-24-26-14-15-27(24)3/h6-11,14-16H,4-5,12-13,17H2,1-3H3,(H,25,28). The van der Waals surface area contributed by atoms with Crippen molar-refractivity contribution in [1.82, 2.24) is 14.9 Å². The zero-order valence-corrected chi connectivity index (χ0v) is 19.1. The molecule has 0 bridgehead atoms. The Balaban J connectivity index is 1.49. The highest BCUT2D eigenvalue weighted by molar-refractivity contribution is 7.98. The van der Waals surface area contributed by atoms with E-state index < -0.39 is 0 Å². The highest BCUT2D eigenvalue weighted by atomic mass is 32.2. The summed E-state index contributed by atoms with van der Waals surface area (Å²) in [4.78, 5) is 16.8. The molecule has 1 amide bonds. The fourth-order valence-electron chi connectivity index (χ4n) is 3.06. The second kappa shape index (κ2) is 11.5. The Morgan fingerprint density at radius 2 is 1.74 bits per heavy atom. The Bertz CT molecular complexity index is 986. The number of aryl methyl sites for hydroxylation is 1. The first-order valence-electron chi connectivity index (χ1n) is 10.5. The molecule has 1 N–H and O–H groups in total. The number of carbonyl (C=O) groups is 1. The lowest BCUT2D eigenvalue weighted by Crippen LogP contribution is -2.25. The lowest BCUT2D eigenvalue weighted by molar-refractivity contribution is 0.0954. The Kier molecular flexibility index (Phi) is 8.41. The van der Waals surface area contributed by atoms with E-state index in [1.807, 2.05) is 74.1 Å². The van der Waals surface area contributed by atoms with Crippen molar-refractivity contribution in [1.29, 1.82) is 0 Å². The van der Waals surface area contributed by atoms with Crippen molar-refractivity contribution in [2.24, 2.45) is 7.05 Å². The fourth-order valence-corrected chi connectivity index (χ4v) is 3.95. The van der Waals surface area contributed by atoms with Gasteiger partial charge in [0.2, 0.25) is 0 Å². The van der Waals surface area contributed by atoms with Crippen LogP contribution in [0.25, 0.3) is 0 Å². The molecular formula is C24H29N3O3S. The summed E-state index contributed by atoms with van der Waals surface area (Å²) in [6, 6.07) is 13.6. The van der Waals surface area contributed by atoms with Crippen molar-refractivity contribution < 1.29 is 14.3 Å². The topological polar surface area (TPSA) is 65.4 Å². The van der Waals surface area contributed by atoms with Crippen LogP contribution in [0, 0.1) is 0 Å². The van der Waals surface area contributed by atoms with Crippen molar-refractivity contribution in [3.63, 3.8) is 0 Å². The predicted octanol–water partition coefficient (Wildman–Crippen LogP) is 4.48. The molecule has 0 saturated heterocycles. The normalized spacial score (nSPS) is 10.7. The molecule has 2 aromatic carbocycles. The van der Waals surface area contributed by atoms with Crippen LogP contribution in [0.2, 0.25) is 0 Å². The van der Waals surface area contributed by atoms with Crippen molar-refractivity contribution in [3.8, 4) is 11.5 Å². The average molecular weight is 440 g/mol. The minimum absolute atomic E-state index is 0.0701. The second-order valence-electron chi connectivity index (χ2n) is 6.96. The third kappa shape index (κ3) is 6.52. The van der Waals surface area contributed by atoms with Crippen LogP contribution in [0.15, 0.2) is 60.0 Å². The lowest BCUT2D eigenvalue weighted by Gasteiger charge is -2.12. The van der Waals surface area contributed by atoms with Crippen LogP contribution in [0.3, 0.4) is 0 Å². The molecular weight excluding hydrogens is 410 g/mol. The van der Waals surface area contributed by atoms with Gasteiger partial charge in [-0.15, -0.1) is 0 Å². The molecule has 1 aromatic heterocycles. The van der Waals surface area contributed by atoms with Gasteiger partial charge in [-0.3, -0.25) is 4.79 Å². The van der Waals surface area contributed by atoms with Gasteiger partial charge in [0.1, 0.15) is 0 Å². The van der Waals surface area contributed by atoms with Crippen molar-refractivity contribution in [3.05, 3.63) is 71.5 Å². The van der Waals surface area contributed by atoms with Gasteiger partial charge in [0.25, 0.3) is 5.91 Å². The first-order valence-corrected chi connectivity index (χ1v) is 11.4. The van der Waals surface area contributed by atoms with Gasteiger partial charge in [0, 0.05) is 37.3 Å². The van der Waals surface area contributed by atoms with E-state index in [9.17, 15) is 4.79 Å². The molecule has 0 unspecified atom stereocenters. The molecule has 6 nitrogen and oxygen atoms in total. The van der Waals surface area contributed by atoms with Crippen LogP contribution in [-0.2, 0) is 19.2 Å². The van der Waals surface area contributed by atoms with Gasteiger partial charge in [-0.2, -0.15) is 0 Å². The lowest BCUT2D eigenvalue weighted by atomic mass is 10.1. The van der Waals surface area contributed by atoms with E-state index in [4.69, 9.17) is 9.47 Å². The summed E-state index contributed by atoms with van der Waals surface area (Å²) < 4.78 is 13.3. The number of nitrogens with zero attached hydrogens (tertiary/aromatic N) is 2. The molecule has 0 aliphatic carbocycles. The number of benzene rings is 2. The molecule has 0 radical (unpaired) electrons. The van der Waals surface area contributed by atoms with E-state index in [-0.39, 0.29) is 5.91 Å². The summed E-state index contributed by atoms with van der Waals surface area (Å²) in [5, 5.41) is 3.97. The summed E-state index contributed by atoms with van der Waals surface area (Å²) >= 11 is 1.67. The molecule has 0 spiro atoms. The highest BCUT2D eigenvalue weighted by Gasteiger charge is 2.09. The van der Waals surface area contributed by atoms with E-state index in [2.05, 4.69) is 10.3 Å². The van der Waals surface area contributed by atoms with E-state index >= 15 is 0 Å². The number of carbonyl (C=O) groups excluding carboxylic acids is 1. The first kappa shape index (κ1) is 22.7. The van der Waals surface area contributed by atoms with Crippen LogP contribution in [0.4, 0.5) is 0 Å². The van der Waals surface area contributed by atoms with Gasteiger partial charge < -0.3 is 19.4 Å². The van der Waals surface area contributed by atoms with Crippen LogP contribution < -0.4 is 14.8 Å². The maximum Gasteiger partial charge on any atom is 0.251 e. The summed E-state index contributed by atoms with van der Waals surface area (Å²) in [7, 11) is 1.98. The minimum Gasteiger partial charge on any atom is -0.490 e. The van der Waals surface area contributed by atoms with E-state index in [0.29, 0.717) is 25.3 Å². The predicted molar refractivity (Wildman–Crippen MR) is 124 cm³/mol. The quantitative estimate of drug-likeness (QED) is 0.446. The van der Waals surface area contributed by atoms with Gasteiger partial charge in [-0.05, 0) is 55.7 Å². The third-order valence-corrected chi connectivity index (χ3v) is 5.80. The van der Waals surface area contributed by atoms with E-state index in [1.54, 1.807) is 18.0 Å². The zero-order chi connectivity index (χ0) is 22.1. The number of thioether (sulfide) groups is 1. The second-order valence-corrected chi connectivity index (χ2v) is 7.90. The van der Waals surface area contributed by atoms with E-state index in [1.165, 1.54) is 0 Å². The van der Waals surface area contributed by atoms with Gasteiger partial charge in [0.05, 0.1) is 13.2 Å². The van der Waals surface area contributed by atoms with Crippen LogP contribution >= 0.6 is 11.8 Å². The minimum atomic E-state index is -0.0701. The van der Waals surface area contributed by atoms with Gasteiger partial charge in [-0.25, -0.2) is 4.98 Å². The molecule has 31 heavy (non-hydrogen) atoms. The number of amides is 1. The van der Waals surface area contributed by atoms with Crippen molar-refractivity contribution in [2.75, 3.05) is 19.8 Å². The number of hydrogen-bond acceptors (Lipinski definition) is 5. The van der Waals surface area contributed by atoms with Gasteiger partial charge in [0.15, 0.2) is 16.7 Å². The van der Waals surface area contributed by atoms with E-state index in [0.717, 1.165) is 40.0 Å². The smallest absolute Gasteiger partial charge is 0.251 e. The number of rotatable bonds is 11. The Morgan fingerprint density at radius 3 is 2.42 bits per heavy atom. The van der Waals surface area contributed by atoms with Gasteiger partial charge in [-0.1, -0.05) is 30.0 Å². The number of imidazole rings is 1. The number of ether oxygens (including phenoxy) is 2. The molecule has 0 atom stereocenters. The van der Waals surface area contributed by atoms with Crippen LogP contribution in [0.5, 0.6) is 11.5 Å². The van der Waals surface area contributed by atoms with Gasteiger partial charge >= 0.3 is 0 Å². The SMILES string of the molecule is CCOc1ccc(CCNC(=O)c2ccc(CSc3nccn3C)cc2)cc1OCC. The molecule has 7 heteroatoms. The molecule has 1 heterocycles. The fraction of sp³-hybridized carbons (Fsp3) is 0.333. The van der Waals surface area contributed by atoms with Crippen molar-refractivity contribution >= 4 is 17.7 Å². The molecule has 164 valence electrons. The monoisotopic (exact) mass is 439 g/mol. The first-order chi connectivity index (χ1) is 15.1. The molecule has 0 fully saturated rings. The van der Waals surface area contributed by atoms with Crippen LogP contribution in [-0.4, -0.2) is 35.2 Å². The zero-order valence-electron chi connectivity index (χ0n) is 18.3. The van der Waals surface area contributed by atoms with Crippen molar-refractivity contribution in [2.45, 2.75) is 31.2 Å². The molecule has 3 aromatic rings. The molecule has 0 aliphatic rings. The third-order valence-electron chi connectivity index (χ3n) is 4.67. The summed E-state index contributed by atoms with van der Waals surface area (Å²) in [6.07, 6.45) is 4.44. The average Bonchev–Trinajstić information content (AvgIpc) is 3.19. The summed E-state index contributed by atoms with van der Waals surface area (Å²) in [6.45, 7) is 5.62. The largest absolute Gasteiger partial charge is 0.490 e. The maximum absolute atomic E-state index is 12.5.